The fraction of sp³-hybridized carbons (Fsp3) is 0.333. The number of piperidine rings is 1. The minimum Gasteiger partial charge on any atom is -0.309 e. The Balaban J connectivity index is 1.67. The first kappa shape index (κ1) is 13.4. The maximum Gasteiger partial charge on any atom is 0.332 e. The molecule has 0 N–H and O–H groups in total. The van der Waals surface area contributed by atoms with Gasteiger partial charge in [0.25, 0.3) is 5.91 Å². The van der Waals surface area contributed by atoms with Gasteiger partial charge in [-0.05, 0) is 37.3 Å². The lowest BCUT2D eigenvalue weighted by Gasteiger charge is -2.25. The van der Waals surface area contributed by atoms with Crippen molar-refractivity contribution in [2.24, 2.45) is 5.92 Å². The molecule has 2 bridgehead atoms. The van der Waals surface area contributed by atoms with Crippen molar-refractivity contribution in [2.75, 3.05) is 4.90 Å². The molecule has 1 saturated carbocycles. The third-order valence-corrected chi connectivity index (χ3v) is 5.89. The summed E-state index contributed by atoms with van der Waals surface area (Å²) in [5.74, 6) is 0.259. The number of amides is 3. The van der Waals surface area contributed by atoms with Gasteiger partial charge in [0, 0.05) is 21.8 Å². The fourth-order valence-electron chi connectivity index (χ4n) is 4.59. The molecule has 0 radical (unpaired) electrons. The van der Waals surface area contributed by atoms with E-state index < -0.39 is 0 Å². The van der Waals surface area contributed by atoms with Crippen LogP contribution in [0.2, 0.25) is 5.02 Å². The summed E-state index contributed by atoms with van der Waals surface area (Å²) in [5.41, 5.74) is 0.647. The summed E-state index contributed by atoms with van der Waals surface area (Å²) in [5, 5.41) is 2.33. The van der Waals surface area contributed by atoms with E-state index in [4.69, 9.17) is 11.6 Å². The normalized spacial score (nSPS) is 29.0. The van der Waals surface area contributed by atoms with Crippen molar-refractivity contribution < 1.29 is 9.59 Å². The molecule has 3 amide bonds. The highest BCUT2D eigenvalue weighted by molar-refractivity contribution is 6.36. The van der Waals surface area contributed by atoms with Crippen molar-refractivity contribution >= 4 is 40.0 Å². The van der Waals surface area contributed by atoms with Crippen LogP contribution in [0.15, 0.2) is 36.4 Å². The SMILES string of the molecule is O=C1[C@H]2[C@@H]3CC[C@@H](C3)N2C(=O)N1c1ccc(Cl)c2ccccc12. The Morgan fingerprint density at radius 2 is 1.78 bits per heavy atom. The second-order valence-electron chi connectivity index (χ2n) is 6.65. The number of imide groups is 1. The van der Waals surface area contributed by atoms with E-state index in [1.165, 1.54) is 4.90 Å². The Morgan fingerprint density at radius 1 is 1.00 bits per heavy atom. The molecule has 116 valence electrons. The second-order valence-corrected chi connectivity index (χ2v) is 7.05. The smallest absolute Gasteiger partial charge is 0.309 e. The molecule has 0 unspecified atom stereocenters. The molecule has 1 aliphatic carbocycles. The number of carbonyl (C=O) groups is 2. The molecule has 2 heterocycles. The number of carbonyl (C=O) groups excluding carboxylic acids is 2. The van der Waals surface area contributed by atoms with Crippen LogP contribution >= 0.6 is 11.6 Å². The lowest BCUT2D eigenvalue weighted by atomic mass is 9.99. The molecular formula is C18H15ClN2O2. The van der Waals surface area contributed by atoms with Gasteiger partial charge in [0.05, 0.1) is 5.69 Å². The largest absolute Gasteiger partial charge is 0.332 e. The molecule has 0 spiro atoms. The van der Waals surface area contributed by atoms with Gasteiger partial charge >= 0.3 is 6.03 Å². The summed E-state index contributed by atoms with van der Waals surface area (Å²) in [6.07, 6.45) is 3.06. The summed E-state index contributed by atoms with van der Waals surface area (Å²) in [4.78, 5) is 29.0. The molecule has 2 saturated heterocycles. The molecule has 2 aromatic carbocycles. The maximum atomic E-state index is 12.9. The number of halogens is 1. The van der Waals surface area contributed by atoms with Crippen LogP contribution in [0.4, 0.5) is 10.5 Å². The Bertz CT molecular complexity index is 837. The van der Waals surface area contributed by atoms with Gasteiger partial charge in [0.2, 0.25) is 0 Å². The van der Waals surface area contributed by atoms with Gasteiger partial charge in [-0.25, -0.2) is 9.69 Å². The summed E-state index contributed by atoms with van der Waals surface area (Å²) >= 11 is 6.26. The monoisotopic (exact) mass is 326 g/mol. The number of benzene rings is 2. The first-order valence-corrected chi connectivity index (χ1v) is 8.38. The Hall–Kier alpha value is -2.07. The number of fused-ring (bicyclic) bond motifs is 6. The van der Waals surface area contributed by atoms with Gasteiger partial charge in [0.1, 0.15) is 6.04 Å². The zero-order valence-electron chi connectivity index (χ0n) is 12.4. The quantitative estimate of drug-likeness (QED) is 0.748. The van der Waals surface area contributed by atoms with E-state index in [2.05, 4.69) is 0 Å². The van der Waals surface area contributed by atoms with E-state index in [1.54, 1.807) is 12.1 Å². The summed E-state index contributed by atoms with van der Waals surface area (Å²) in [6, 6.07) is 11.0. The number of hydrogen-bond donors (Lipinski definition) is 0. The minimum atomic E-state index is -0.254. The highest BCUT2D eigenvalue weighted by Gasteiger charge is 2.59. The van der Waals surface area contributed by atoms with E-state index >= 15 is 0 Å². The van der Waals surface area contributed by atoms with Gasteiger partial charge in [0.15, 0.2) is 0 Å². The van der Waals surface area contributed by atoms with Crippen molar-refractivity contribution in [2.45, 2.75) is 31.3 Å². The first-order valence-electron chi connectivity index (χ1n) is 8.00. The van der Waals surface area contributed by atoms with Crippen molar-refractivity contribution in [1.29, 1.82) is 0 Å². The lowest BCUT2D eigenvalue weighted by molar-refractivity contribution is -0.120. The zero-order valence-corrected chi connectivity index (χ0v) is 13.2. The third-order valence-electron chi connectivity index (χ3n) is 5.56. The molecule has 23 heavy (non-hydrogen) atoms. The average Bonchev–Trinajstić information content (AvgIpc) is 3.24. The van der Waals surface area contributed by atoms with Gasteiger partial charge in [-0.3, -0.25) is 4.79 Å². The van der Waals surface area contributed by atoms with Crippen molar-refractivity contribution in [3.8, 4) is 0 Å². The molecule has 5 rings (SSSR count). The molecule has 5 heteroatoms. The Labute approximate surface area is 138 Å². The van der Waals surface area contributed by atoms with E-state index in [0.717, 1.165) is 30.0 Å². The van der Waals surface area contributed by atoms with Crippen LogP contribution in [0, 0.1) is 5.92 Å². The lowest BCUT2D eigenvalue weighted by Crippen LogP contribution is -2.40. The van der Waals surface area contributed by atoms with Crippen LogP contribution in [0.1, 0.15) is 19.3 Å². The summed E-state index contributed by atoms with van der Waals surface area (Å²) in [7, 11) is 0. The molecule has 3 aliphatic rings. The Kier molecular flexibility index (Phi) is 2.61. The van der Waals surface area contributed by atoms with E-state index in [0.29, 0.717) is 16.6 Å². The van der Waals surface area contributed by atoms with Crippen LogP contribution in [0.25, 0.3) is 10.8 Å². The van der Waals surface area contributed by atoms with E-state index in [-0.39, 0.29) is 24.0 Å². The van der Waals surface area contributed by atoms with Crippen LogP contribution in [-0.2, 0) is 4.79 Å². The second kappa shape index (κ2) is 4.48. The highest BCUT2D eigenvalue weighted by Crippen LogP contribution is 2.48. The van der Waals surface area contributed by atoms with Crippen LogP contribution in [0.5, 0.6) is 0 Å². The van der Waals surface area contributed by atoms with Crippen molar-refractivity contribution in [3.05, 3.63) is 41.4 Å². The van der Waals surface area contributed by atoms with E-state index in [1.807, 2.05) is 29.2 Å². The van der Waals surface area contributed by atoms with E-state index in [9.17, 15) is 9.59 Å². The molecule has 0 aromatic heterocycles. The van der Waals surface area contributed by atoms with Crippen molar-refractivity contribution in [3.63, 3.8) is 0 Å². The number of hydrogen-bond acceptors (Lipinski definition) is 2. The maximum absolute atomic E-state index is 12.9. The minimum absolute atomic E-state index is 0.0744. The van der Waals surface area contributed by atoms with Crippen LogP contribution in [0.3, 0.4) is 0 Å². The molecule has 4 nitrogen and oxygen atoms in total. The van der Waals surface area contributed by atoms with Crippen molar-refractivity contribution in [1.82, 2.24) is 4.90 Å². The highest BCUT2D eigenvalue weighted by atomic mass is 35.5. The molecule has 2 aliphatic heterocycles. The summed E-state index contributed by atoms with van der Waals surface area (Å²) in [6.45, 7) is 0. The van der Waals surface area contributed by atoms with Crippen LogP contribution < -0.4 is 4.90 Å². The van der Waals surface area contributed by atoms with Crippen LogP contribution in [-0.4, -0.2) is 28.9 Å². The topological polar surface area (TPSA) is 40.6 Å². The van der Waals surface area contributed by atoms with Gasteiger partial charge in [-0.1, -0.05) is 35.9 Å². The molecule has 2 aromatic rings. The predicted octanol–water partition coefficient (Wildman–Crippen LogP) is 3.81. The average molecular weight is 327 g/mol. The fourth-order valence-corrected chi connectivity index (χ4v) is 4.81. The standard InChI is InChI=1S/C18H15ClN2O2/c19-14-7-8-15(13-4-2-1-3-12(13)14)21-17(22)16-10-5-6-11(9-10)20(16)18(21)23/h1-4,7-8,10-11,16H,5-6,9H2/t10-,11+,16-/m1/s1. The number of anilines is 1. The molecule has 3 atom stereocenters. The molecular weight excluding hydrogens is 312 g/mol. The van der Waals surface area contributed by atoms with Gasteiger partial charge < -0.3 is 4.90 Å². The number of urea groups is 1. The zero-order chi connectivity index (χ0) is 15.7. The first-order chi connectivity index (χ1) is 11.2. The summed E-state index contributed by atoms with van der Waals surface area (Å²) < 4.78 is 0. The third kappa shape index (κ3) is 1.62. The van der Waals surface area contributed by atoms with Gasteiger partial charge in [-0.15, -0.1) is 0 Å². The number of nitrogens with zero attached hydrogens (tertiary/aromatic N) is 2. The molecule has 3 fully saturated rings. The Morgan fingerprint density at radius 3 is 2.57 bits per heavy atom. The predicted molar refractivity (Wildman–Crippen MR) is 88.6 cm³/mol. The number of rotatable bonds is 1. The van der Waals surface area contributed by atoms with Gasteiger partial charge in [-0.2, -0.15) is 0 Å².